The Bertz CT molecular complexity index is 825. The van der Waals surface area contributed by atoms with Gasteiger partial charge >= 0.3 is 0 Å². The van der Waals surface area contributed by atoms with Crippen LogP contribution < -0.4 is 10.6 Å². The van der Waals surface area contributed by atoms with Crippen molar-refractivity contribution in [3.63, 3.8) is 0 Å². The average Bonchev–Trinajstić information content (AvgIpc) is 3.23. The number of halogens is 1. The van der Waals surface area contributed by atoms with Crippen molar-refractivity contribution in [2.45, 2.75) is 37.2 Å². The van der Waals surface area contributed by atoms with Gasteiger partial charge < -0.3 is 15.4 Å². The summed E-state index contributed by atoms with van der Waals surface area (Å²) in [6.07, 6.45) is 2.33. The van der Waals surface area contributed by atoms with E-state index in [1.165, 1.54) is 18.2 Å². The number of nitrogens with zero attached hydrogens (tertiary/aromatic N) is 1. The van der Waals surface area contributed by atoms with Gasteiger partial charge in [0, 0.05) is 25.3 Å². The van der Waals surface area contributed by atoms with Crippen LogP contribution in [-0.4, -0.2) is 63.4 Å². The highest BCUT2D eigenvalue weighted by Crippen LogP contribution is 2.32. The minimum absolute atomic E-state index is 0. The van der Waals surface area contributed by atoms with Crippen LogP contribution in [0, 0.1) is 0 Å². The topological polar surface area (TPSA) is 105 Å². The molecule has 0 bridgehead atoms. The number of carbonyl (C=O) groups excluding carboxylic acids is 2. The molecule has 1 fully saturated rings. The molecular weight excluding hydrogens is 406 g/mol. The number of hydrogen-bond acceptors (Lipinski definition) is 6. The fraction of sp³-hybridized carbons (Fsp3) is 0.556. The minimum atomic E-state index is -3.96. The zero-order chi connectivity index (χ0) is 19.4. The molecule has 3 rings (SSSR count). The van der Waals surface area contributed by atoms with E-state index in [1.807, 2.05) is 0 Å². The zero-order valence-corrected chi connectivity index (χ0v) is 17.4. The van der Waals surface area contributed by atoms with Gasteiger partial charge in [-0.05, 0) is 44.0 Å². The number of ether oxygens (including phenoxy) is 1. The van der Waals surface area contributed by atoms with E-state index in [0.29, 0.717) is 19.7 Å². The summed E-state index contributed by atoms with van der Waals surface area (Å²) in [7, 11) is -3.96. The lowest BCUT2D eigenvalue weighted by Gasteiger charge is -2.18. The van der Waals surface area contributed by atoms with E-state index in [0.717, 1.165) is 30.1 Å². The Hall–Kier alpha value is -1.68. The minimum Gasteiger partial charge on any atom is -0.376 e. The van der Waals surface area contributed by atoms with E-state index < -0.39 is 15.9 Å². The van der Waals surface area contributed by atoms with E-state index in [4.69, 9.17) is 4.74 Å². The smallest absolute Gasteiger partial charge is 0.269 e. The van der Waals surface area contributed by atoms with Crippen LogP contribution in [-0.2, 0) is 14.8 Å². The molecule has 1 saturated heterocycles. The Kier molecular flexibility index (Phi) is 7.82. The first-order valence-corrected chi connectivity index (χ1v) is 10.7. The monoisotopic (exact) mass is 431 g/mol. The Labute approximate surface area is 171 Å². The maximum Gasteiger partial charge on any atom is 0.269 e. The highest BCUT2D eigenvalue weighted by atomic mass is 35.5. The third-order valence-corrected chi connectivity index (χ3v) is 6.47. The van der Waals surface area contributed by atoms with Crippen molar-refractivity contribution in [2.24, 2.45) is 0 Å². The van der Waals surface area contributed by atoms with E-state index >= 15 is 0 Å². The van der Waals surface area contributed by atoms with Gasteiger partial charge in [0.25, 0.3) is 21.8 Å². The predicted octanol–water partition coefficient (Wildman–Crippen LogP) is 1.16. The highest BCUT2D eigenvalue weighted by molar-refractivity contribution is 7.90. The fourth-order valence-electron chi connectivity index (χ4n) is 3.24. The van der Waals surface area contributed by atoms with Crippen molar-refractivity contribution < 1.29 is 22.7 Å². The van der Waals surface area contributed by atoms with Crippen LogP contribution in [0.25, 0.3) is 0 Å². The Balaban J connectivity index is 0.00000280. The predicted molar refractivity (Wildman–Crippen MR) is 106 cm³/mol. The lowest BCUT2D eigenvalue weighted by Crippen LogP contribution is -2.36. The second-order valence-corrected chi connectivity index (χ2v) is 8.52. The molecule has 0 radical (unpaired) electrons. The van der Waals surface area contributed by atoms with Gasteiger partial charge in [-0.15, -0.1) is 12.4 Å². The number of amides is 2. The van der Waals surface area contributed by atoms with Crippen molar-refractivity contribution in [3.05, 3.63) is 29.3 Å². The molecule has 2 aliphatic rings. The Morgan fingerprint density at radius 1 is 1.29 bits per heavy atom. The molecular formula is C18H26ClN3O5S. The number of sulfonamides is 1. The SMILES string of the molecule is CCCNCCNC(=O)c1ccc2c(c1)S(=O)(=O)N(CC1CCCO1)C2=O.Cl. The van der Waals surface area contributed by atoms with Gasteiger partial charge in [-0.2, -0.15) is 0 Å². The molecule has 0 spiro atoms. The van der Waals surface area contributed by atoms with Crippen molar-refractivity contribution >= 4 is 34.2 Å². The van der Waals surface area contributed by atoms with Crippen LogP contribution in [0.15, 0.2) is 23.1 Å². The molecule has 156 valence electrons. The summed E-state index contributed by atoms with van der Waals surface area (Å²) in [4.78, 5) is 24.7. The molecule has 1 aromatic rings. The summed E-state index contributed by atoms with van der Waals surface area (Å²) >= 11 is 0. The molecule has 1 aromatic carbocycles. The van der Waals surface area contributed by atoms with Gasteiger partial charge in [0.05, 0.1) is 18.2 Å². The molecule has 0 saturated carbocycles. The van der Waals surface area contributed by atoms with Gasteiger partial charge in [0.15, 0.2) is 0 Å². The number of hydrogen-bond donors (Lipinski definition) is 2. The molecule has 0 aliphatic carbocycles. The van der Waals surface area contributed by atoms with Crippen molar-refractivity contribution in [3.8, 4) is 0 Å². The van der Waals surface area contributed by atoms with E-state index in [-0.39, 0.29) is 47.0 Å². The molecule has 2 amide bonds. The third-order valence-electron chi connectivity index (χ3n) is 4.68. The molecule has 1 unspecified atom stereocenters. The van der Waals surface area contributed by atoms with Crippen LogP contribution in [0.3, 0.4) is 0 Å². The van der Waals surface area contributed by atoms with Crippen LogP contribution >= 0.6 is 12.4 Å². The summed E-state index contributed by atoms with van der Waals surface area (Å²) < 4.78 is 31.9. The maximum absolute atomic E-state index is 12.8. The van der Waals surface area contributed by atoms with E-state index in [1.54, 1.807) is 0 Å². The molecule has 1 atom stereocenters. The van der Waals surface area contributed by atoms with Gasteiger partial charge in [0.1, 0.15) is 4.90 Å². The Morgan fingerprint density at radius 2 is 2.07 bits per heavy atom. The average molecular weight is 432 g/mol. The summed E-state index contributed by atoms with van der Waals surface area (Å²) in [5.74, 6) is -0.924. The van der Waals surface area contributed by atoms with E-state index in [9.17, 15) is 18.0 Å². The largest absolute Gasteiger partial charge is 0.376 e. The maximum atomic E-state index is 12.8. The van der Waals surface area contributed by atoms with Crippen LogP contribution in [0.5, 0.6) is 0 Å². The highest BCUT2D eigenvalue weighted by Gasteiger charge is 2.43. The first-order valence-electron chi connectivity index (χ1n) is 9.26. The second-order valence-electron chi connectivity index (χ2n) is 6.69. The fourth-order valence-corrected chi connectivity index (χ4v) is 4.86. The van der Waals surface area contributed by atoms with E-state index in [2.05, 4.69) is 17.6 Å². The lowest BCUT2D eigenvalue weighted by molar-refractivity contribution is 0.0707. The number of carbonyl (C=O) groups is 2. The van der Waals surface area contributed by atoms with Gasteiger partial charge in [-0.3, -0.25) is 9.59 Å². The molecule has 2 heterocycles. The van der Waals surface area contributed by atoms with Gasteiger partial charge in [-0.1, -0.05) is 6.92 Å². The summed E-state index contributed by atoms with van der Waals surface area (Å²) in [5, 5.41) is 5.91. The summed E-state index contributed by atoms with van der Waals surface area (Å²) in [5.41, 5.74) is 0.328. The van der Waals surface area contributed by atoms with Crippen LogP contribution in [0.1, 0.15) is 46.9 Å². The van der Waals surface area contributed by atoms with Crippen molar-refractivity contribution in [1.29, 1.82) is 0 Å². The zero-order valence-electron chi connectivity index (χ0n) is 15.8. The molecule has 2 N–H and O–H groups in total. The Morgan fingerprint density at radius 3 is 2.75 bits per heavy atom. The van der Waals surface area contributed by atoms with Crippen molar-refractivity contribution in [2.75, 3.05) is 32.8 Å². The second kappa shape index (κ2) is 9.69. The first kappa shape index (κ1) is 22.6. The molecule has 10 heteroatoms. The number of nitrogens with one attached hydrogen (secondary N) is 2. The van der Waals surface area contributed by atoms with Crippen molar-refractivity contribution in [1.82, 2.24) is 14.9 Å². The first-order chi connectivity index (χ1) is 12.9. The standard InChI is InChI=1S/C18H25N3O5S.ClH/c1-2-7-19-8-9-20-17(22)13-5-6-15-16(11-13)27(24,25)21(18(15)23)12-14-4-3-10-26-14;/h5-6,11,14,19H,2-4,7-10,12H2,1H3,(H,20,22);1H. The molecule has 28 heavy (non-hydrogen) atoms. The van der Waals surface area contributed by atoms with Crippen LogP contribution in [0.2, 0.25) is 0 Å². The lowest BCUT2D eigenvalue weighted by atomic mass is 10.1. The number of benzene rings is 1. The van der Waals surface area contributed by atoms with Gasteiger partial charge in [-0.25, -0.2) is 12.7 Å². The summed E-state index contributed by atoms with van der Waals surface area (Å²) in [6, 6.07) is 4.18. The van der Waals surface area contributed by atoms with Crippen LogP contribution in [0.4, 0.5) is 0 Å². The normalized spacial score (nSPS) is 20.0. The molecule has 0 aromatic heterocycles. The quantitative estimate of drug-likeness (QED) is 0.598. The summed E-state index contributed by atoms with van der Waals surface area (Å²) in [6.45, 7) is 4.59. The van der Waals surface area contributed by atoms with Gasteiger partial charge in [0.2, 0.25) is 0 Å². The number of rotatable bonds is 8. The number of fused-ring (bicyclic) bond motifs is 1. The third kappa shape index (κ3) is 4.65. The molecule has 8 nitrogen and oxygen atoms in total. The molecule has 2 aliphatic heterocycles.